The molecule has 2 aromatic carbocycles. The molecule has 0 atom stereocenters. The van der Waals surface area contributed by atoms with Gasteiger partial charge < -0.3 is 0 Å². The number of thiazole rings is 1. The summed E-state index contributed by atoms with van der Waals surface area (Å²) in [5.41, 5.74) is 1.75. The molecule has 0 saturated heterocycles. The molecule has 0 fully saturated rings. The highest BCUT2D eigenvalue weighted by molar-refractivity contribution is 7.15. The first-order chi connectivity index (χ1) is 13.1. The summed E-state index contributed by atoms with van der Waals surface area (Å²) < 4.78 is 1.32. The summed E-state index contributed by atoms with van der Waals surface area (Å²) in [6.45, 7) is 2.21. The van der Waals surface area contributed by atoms with E-state index in [9.17, 15) is 9.59 Å². The van der Waals surface area contributed by atoms with Gasteiger partial charge in [-0.05, 0) is 36.8 Å². The number of carbonyl (C=O) groups excluding carboxylic acids is 1. The SMILES string of the molecule is Cc1cnc(NC(=O)c2ccc(Cn3nnc4ccccc4c3=O)cc2)s1. The third kappa shape index (κ3) is 3.61. The van der Waals surface area contributed by atoms with Crippen molar-refractivity contribution >= 4 is 33.3 Å². The van der Waals surface area contributed by atoms with E-state index >= 15 is 0 Å². The molecule has 0 aliphatic carbocycles. The molecule has 7 nitrogen and oxygen atoms in total. The van der Waals surface area contributed by atoms with Crippen LogP contribution in [-0.2, 0) is 6.54 Å². The van der Waals surface area contributed by atoms with Gasteiger partial charge in [-0.1, -0.05) is 29.5 Å². The maximum absolute atomic E-state index is 12.5. The van der Waals surface area contributed by atoms with Crippen LogP contribution in [0.3, 0.4) is 0 Å². The average molecular weight is 377 g/mol. The Morgan fingerprint density at radius 2 is 1.93 bits per heavy atom. The van der Waals surface area contributed by atoms with Crippen LogP contribution in [0.25, 0.3) is 10.9 Å². The lowest BCUT2D eigenvalue weighted by Crippen LogP contribution is -2.24. The number of anilines is 1. The maximum Gasteiger partial charge on any atom is 0.277 e. The number of rotatable bonds is 4. The smallest absolute Gasteiger partial charge is 0.277 e. The summed E-state index contributed by atoms with van der Waals surface area (Å²) in [6.07, 6.45) is 1.71. The van der Waals surface area contributed by atoms with E-state index in [1.54, 1.807) is 48.7 Å². The van der Waals surface area contributed by atoms with E-state index in [0.717, 1.165) is 10.4 Å². The van der Waals surface area contributed by atoms with E-state index < -0.39 is 0 Å². The molecule has 4 rings (SSSR count). The zero-order chi connectivity index (χ0) is 18.8. The molecule has 8 heteroatoms. The fraction of sp³-hybridized carbons (Fsp3) is 0.105. The monoisotopic (exact) mass is 377 g/mol. The predicted molar refractivity (Wildman–Crippen MR) is 104 cm³/mol. The van der Waals surface area contributed by atoms with Crippen LogP contribution in [0.15, 0.2) is 59.5 Å². The Bertz CT molecular complexity index is 1180. The van der Waals surface area contributed by atoms with Gasteiger partial charge in [0.05, 0.1) is 11.9 Å². The van der Waals surface area contributed by atoms with Gasteiger partial charge in [0.1, 0.15) is 5.52 Å². The molecule has 1 N–H and O–H groups in total. The first-order valence-electron chi connectivity index (χ1n) is 8.25. The molecule has 0 spiro atoms. The van der Waals surface area contributed by atoms with E-state index in [1.807, 2.05) is 13.0 Å². The van der Waals surface area contributed by atoms with E-state index in [4.69, 9.17) is 0 Å². The van der Waals surface area contributed by atoms with Crippen molar-refractivity contribution < 1.29 is 4.79 Å². The molecule has 0 radical (unpaired) electrons. The second-order valence-corrected chi connectivity index (χ2v) is 7.23. The molecule has 0 unspecified atom stereocenters. The van der Waals surface area contributed by atoms with Gasteiger partial charge in [-0.25, -0.2) is 9.67 Å². The van der Waals surface area contributed by atoms with Crippen molar-refractivity contribution in [2.24, 2.45) is 0 Å². The maximum atomic E-state index is 12.5. The molecule has 2 heterocycles. The zero-order valence-corrected chi connectivity index (χ0v) is 15.2. The molecule has 0 bridgehead atoms. The standard InChI is InChI=1S/C19H15N5O2S/c1-12-10-20-19(27-12)21-17(25)14-8-6-13(7-9-14)11-24-18(26)15-4-2-3-5-16(15)22-23-24/h2-10H,11H2,1H3,(H,20,21,25). The fourth-order valence-corrected chi connectivity index (χ4v) is 3.30. The molecule has 1 amide bonds. The van der Waals surface area contributed by atoms with Gasteiger partial charge in [-0.15, -0.1) is 16.4 Å². The number of aromatic nitrogens is 4. The van der Waals surface area contributed by atoms with Crippen LogP contribution >= 0.6 is 11.3 Å². The van der Waals surface area contributed by atoms with E-state index in [1.165, 1.54) is 16.0 Å². The number of nitrogens with one attached hydrogen (secondary N) is 1. The number of amides is 1. The number of nitrogens with zero attached hydrogens (tertiary/aromatic N) is 4. The van der Waals surface area contributed by atoms with Crippen molar-refractivity contribution in [3.05, 3.63) is 81.1 Å². The normalized spacial score (nSPS) is 10.9. The van der Waals surface area contributed by atoms with Crippen molar-refractivity contribution in [1.29, 1.82) is 0 Å². The number of aryl methyl sites for hydroxylation is 1. The highest BCUT2D eigenvalue weighted by Crippen LogP contribution is 2.17. The van der Waals surface area contributed by atoms with Crippen molar-refractivity contribution in [1.82, 2.24) is 20.0 Å². The summed E-state index contributed by atoms with van der Waals surface area (Å²) in [7, 11) is 0. The quantitative estimate of drug-likeness (QED) is 0.591. The summed E-state index contributed by atoms with van der Waals surface area (Å²) in [4.78, 5) is 29.9. The first-order valence-corrected chi connectivity index (χ1v) is 9.07. The van der Waals surface area contributed by atoms with Crippen LogP contribution < -0.4 is 10.9 Å². The van der Waals surface area contributed by atoms with Gasteiger partial charge in [0.2, 0.25) is 0 Å². The van der Waals surface area contributed by atoms with Crippen LogP contribution in [0.4, 0.5) is 5.13 Å². The second-order valence-electron chi connectivity index (χ2n) is 6.00. The average Bonchev–Trinajstić information content (AvgIpc) is 3.09. The molecule has 0 aliphatic rings. The second kappa shape index (κ2) is 7.08. The van der Waals surface area contributed by atoms with Crippen LogP contribution in [-0.4, -0.2) is 25.9 Å². The highest BCUT2D eigenvalue weighted by atomic mass is 32.1. The molecular weight excluding hydrogens is 362 g/mol. The van der Waals surface area contributed by atoms with Crippen molar-refractivity contribution in [3.8, 4) is 0 Å². The molecular formula is C19H15N5O2S. The topological polar surface area (TPSA) is 89.8 Å². The Kier molecular flexibility index (Phi) is 4.47. The van der Waals surface area contributed by atoms with Gasteiger partial charge in [-0.3, -0.25) is 14.9 Å². The zero-order valence-electron chi connectivity index (χ0n) is 14.4. The van der Waals surface area contributed by atoms with Gasteiger partial charge in [-0.2, -0.15) is 0 Å². The summed E-state index contributed by atoms with van der Waals surface area (Å²) in [6, 6.07) is 14.1. The minimum atomic E-state index is -0.224. The number of carbonyl (C=O) groups is 1. The van der Waals surface area contributed by atoms with Gasteiger partial charge in [0.15, 0.2) is 5.13 Å². The highest BCUT2D eigenvalue weighted by Gasteiger charge is 2.10. The fourth-order valence-electron chi connectivity index (χ4n) is 2.64. The van der Waals surface area contributed by atoms with Gasteiger partial charge in [0.25, 0.3) is 11.5 Å². The minimum absolute atomic E-state index is 0.193. The Morgan fingerprint density at radius 1 is 1.15 bits per heavy atom. The van der Waals surface area contributed by atoms with Crippen LogP contribution in [0, 0.1) is 6.92 Å². The summed E-state index contributed by atoms with van der Waals surface area (Å²) >= 11 is 1.42. The van der Waals surface area contributed by atoms with Crippen LogP contribution in [0.5, 0.6) is 0 Å². The van der Waals surface area contributed by atoms with Crippen molar-refractivity contribution in [2.75, 3.05) is 5.32 Å². The van der Waals surface area contributed by atoms with E-state index in [2.05, 4.69) is 20.6 Å². The molecule has 0 saturated carbocycles. The van der Waals surface area contributed by atoms with Gasteiger partial charge >= 0.3 is 0 Å². The third-order valence-electron chi connectivity index (χ3n) is 4.02. The molecule has 134 valence electrons. The lowest BCUT2D eigenvalue weighted by atomic mass is 10.1. The Hall–Kier alpha value is -3.39. The van der Waals surface area contributed by atoms with Crippen LogP contribution in [0.2, 0.25) is 0 Å². The Morgan fingerprint density at radius 3 is 2.67 bits per heavy atom. The number of hydrogen-bond acceptors (Lipinski definition) is 6. The van der Waals surface area contributed by atoms with E-state index in [0.29, 0.717) is 21.6 Å². The molecule has 0 aliphatic heterocycles. The summed E-state index contributed by atoms with van der Waals surface area (Å²) in [5.74, 6) is -0.224. The van der Waals surface area contributed by atoms with Gasteiger partial charge in [0, 0.05) is 16.6 Å². The molecule has 27 heavy (non-hydrogen) atoms. The first kappa shape index (κ1) is 17.0. The number of fused-ring (bicyclic) bond motifs is 1. The lowest BCUT2D eigenvalue weighted by molar-refractivity contribution is 0.102. The van der Waals surface area contributed by atoms with Crippen molar-refractivity contribution in [2.45, 2.75) is 13.5 Å². The van der Waals surface area contributed by atoms with E-state index in [-0.39, 0.29) is 18.0 Å². The minimum Gasteiger partial charge on any atom is -0.298 e. The lowest BCUT2D eigenvalue weighted by Gasteiger charge is -2.06. The Balaban J connectivity index is 1.52. The largest absolute Gasteiger partial charge is 0.298 e. The number of hydrogen-bond donors (Lipinski definition) is 1. The summed E-state index contributed by atoms with van der Waals surface area (Å²) in [5, 5.41) is 11.9. The van der Waals surface area contributed by atoms with Crippen molar-refractivity contribution in [3.63, 3.8) is 0 Å². The Labute approximate surface area is 158 Å². The number of benzene rings is 2. The molecule has 2 aromatic heterocycles. The molecule has 4 aromatic rings. The predicted octanol–water partition coefficient (Wildman–Crippen LogP) is 2.86. The van der Waals surface area contributed by atoms with Crippen LogP contribution in [0.1, 0.15) is 20.8 Å². The third-order valence-corrected chi connectivity index (χ3v) is 4.85.